The van der Waals surface area contributed by atoms with Crippen molar-refractivity contribution in [1.29, 1.82) is 0 Å². The SMILES string of the molecule is COC1CCN(S(=O)(=O)Cc2cccc(C)c2)CC1. The highest BCUT2D eigenvalue weighted by atomic mass is 32.2. The van der Waals surface area contributed by atoms with Crippen molar-refractivity contribution >= 4 is 10.0 Å². The van der Waals surface area contributed by atoms with Crippen molar-refractivity contribution in [3.8, 4) is 0 Å². The Morgan fingerprint density at radius 3 is 2.58 bits per heavy atom. The Morgan fingerprint density at radius 1 is 1.32 bits per heavy atom. The molecule has 1 aliphatic rings. The molecule has 0 atom stereocenters. The van der Waals surface area contributed by atoms with Gasteiger partial charge in [0.1, 0.15) is 0 Å². The van der Waals surface area contributed by atoms with Crippen LogP contribution in [0, 0.1) is 6.92 Å². The van der Waals surface area contributed by atoms with E-state index in [1.165, 1.54) is 0 Å². The molecule has 106 valence electrons. The Labute approximate surface area is 115 Å². The average Bonchev–Trinajstić information content (AvgIpc) is 2.38. The first kappa shape index (κ1) is 14.5. The predicted octanol–water partition coefficient (Wildman–Crippen LogP) is 1.94. The summed E-state index contributed by atoms with van der Waals surface area (Å²) in [6, 6.07) is 7.67. The highest BCUT2D eigenvalue weighted by Gasteiger charge is 2.27. The van der Waals surface area contributed by atoms with Crippen molar-refractivity contribution in [2.45, 2.75) is 31.6 Å². The molecule has 0 amide bonds. The molecule has 1 saturated heterocycles. The molecule has 0 bridgehead atoms. The number of ether oxygens (including phenoxy) is 1. The van der Waals surface area contributed by atoms with Crippen LogP contribution >= 0.6 is 0 Å². The second-order valence-electron chi connectivity index (χ2n) is 5.08. The van der Waals surface area contributed by atoms with Gasteiger partial charge in [-0.25, -0.2) is 12.7 Å². The van der Waals surface area contributed by atoms with Gasteiger partial charge in [0.25, 0.3) is 0 Å². The fourth-order valence-corrected chi connectivity index (χ4v) is 4.00. The van der Waals surface area contributed by atoms with E-state index in [1.807, 2.05) is 31.2 Å². The molecule has 0 radical (unpaired) electrons. The molecule has 1 aromatic carbocycles. The molecule has 0 saturated carbocycles. The summed E-state index contributed by atoms with van der Waals surface area (Å²) in [5, 5.41) is 0. The van der Waals surface area contributed by atoms with E-state index >= 15 is 0 Å². The Kier molecular flexibility index (Phi) is 4.60. The molecule has 5 heteroatoms. The van der Waals surface area contributed by atoms with Crippen LogP contribution in [-0.2, 0) is 20.5 Å². The third-order valence-corrected chi connectivity index (χ3v) is 5.41. The molecular weight excluding hydrogens is 262 g/mol. The van der Waals surface area contributed by atoms with Crippen LogP contribution in [0.25, 0.3) is 0 Å². The zero-order valence-corrected chi connectivity index (χ0v) is 12.3. The number of hydrogen-bond donors (Lipinski definition) is 0. The number of rotatable bonds is 4. The average molecular weight is 283 g/mol. The van der Waals surface area contributed by atoms with Crippen LogP contribution < -0.4 is 0 Å². The fourth-order valence-electron chi connectivity index (χ4n) is 2.45. The van der Waals surface area contributed by atoms with Gasteiger partial charge in [-0.3, -0.25) is 0 Å². The summed E-state index contributed by atoms with van der Waals surface area (Å²) in [7, 11) is -1.52. The summed E-state index contributed by atoms with van der Waals surface area (Å²) in [5.74, 6) is 0.0896. The first-order chi connectivity index (χ1) is 9.01. The molecule has 1 heterocycles. The molecule has 1 aromatic rings. The lowest BCUT2D eigenvalue weighted by Gasteiger charge is -2.30. The molecule has 0 N–H and O–H groups in total. The van der Waals surface area contributed by atoms with Crippen LogP contribution in [0.1, 0.15) is 24.0 Å². The Balaban J connectivity index is 2.03. The van der Waals surface area contributed by atoms with Crippen molar-refractivity contribution in [1.82, 2.24) is 4.31 Å². The van der Waals surface area contributed by atoms with Crippen LogP contribution in [-0.4, -0.2) is 39.0 Å². The summed E-state index contributed by atoms with van der Waals surface area (Å²) >= 11 is 0. The van der Waals surface area contributed by atoms with E-state index in [9.17, 15) is 8.42 Å². The third kappa shape index (κ3) is 3.78. The molecule has 4 nitrogen and oxygen atoms in total. The molecule has 0 aliphatic carbocycles. The number of sulfonamides is 1. The topological polar surface area (TPSA) is 46.6 Å². The molecule has 0 unspecified atom stereocenters. The van der Waals surface area contributed by atoms with Gasteiger partial charge in [-0.1, -0.05) is 29.8 Å². The first-order valence-corrected chi connectivity index (χ1v) is 8.18. The lowest BCUT2D eigenvalue weighted by Crippen LogP contribution is -2.41. The highest BCUT2D eigenvalue weighted by molar-refractivity contribution is 7.88. The summed E-state index contributed by atoms with van der Waals surface area (Å²) in [6.07, 6.45) is 1.76. The van der Waals surface area contributed by atoms with Crippen molar-refractivity contribution in [2.24, 2.45) is 0 Å². The lowest BCUT2D eigenvalue weighted by atomic mass is 10.1. The Morgan fingerprint density at radius 2 is 2.00 bits per heavy atom. The second-order valence-corrected chi connectivity index (χ2v) is 7.05. The van der Waals surface area contributed by atoms with Crippen molar-refractivity contribution in [3.05, 3.63) is 35.4 Å². The molecule has 1 fully saturated rings. The van der Waals surface area contributed by atoms with Gasteiger partial charge in [0.15, 0.2) is 0 Å². The minimum atomic E-state index is -3.21. The maximum Gasteiger partial charge on any atom is 0.218 e. The molecule has 1 aliphatic heterocycles. The van der Waals surface area contributed by atoms with Crippen molar-refractivity contribution < 1.29 is 13.2 Å². The van der Waals surface area contributed by atoms with E-state index in [1.54, 1.807) is 11.4 Å². The fraction of sp³-hybridized carbons (Fsp3) is 0.571. The van der Waals surface area contributed by atoms with Crippen LogP contribution in [0.3, 0.4) is 0 Å². The predicted molar refractivity (Wildman–Crippen MR) is 75.4 cm³/mol. The Bertz CT molecular complexity index is 519. The maximum atomic E-state index is 12.3. The van der Waals surface area contributed by atoms with Gasteiger partial charge in [-0.05, 0) is 25.3 Å². The smallest absolute Gasteiger partial charge is 0.218 e. The molecular formula is C14H21NO3S. The number of aryl methyl sites for hydroxylation is 1. The van der Waals surface area contributed by atoms with Crippen LogP contribution in [0.2, 0.25) is 0 Å². The molecule has 0 spiro atoms. The van der Waals surface area contributed by atoms with E-state index in [0.29, 0.717) is 13.1 Å². The summed E-state index contributed by atoms with van der Waals surface area (Å²) < 4.78 is 31.5. The largest absolute Gasteiger partial charge is 0.381 e. The molecule has 19 heavy (non-hydrogen) atoms. The van der Waals surface area contributed by atoms with Crippen molar-refractivity contribution in [3.63, 3.8) is 0 Å². The normalized spacial score (nSPS) is 18.6. The molecule has 2 rings (SSSR count). The summed E-state index contributed by atoms with van der Waals surface area (Å²) in [4.78, 5) is 0. The van der Waals surface area contributed by atoms with Gasteiger partial charge in [-0.15, -0.1) is 0 Å². The van der Waals surface area contributed by atoms with Crippen LogP contribution in [0.4, 0.5) is 0 Å². The number of piperidine rings is 1. The quantitative estimate of drug-likeness (QED) is 0.848. The van der Waals surface area contributed by atoms with Crippen LogP contribution in [0.15, 0.2) is 24.3 Å². The number of hydrogen-bond acceptors (Lipinski definition) is 3. The molecule has 0 aromatic heterocycles. The van der Waals surface area contributed by atoms with Crippen molar-refractivity contribution in [2.75, 3.05) is 20.2 Å². The van der Waals surface area contributed by atoms with Gasteiger partial charge in [-0.2, -0.15) is 0 Å². The van der Waals surface area contributed by atoms with Crippen LogP contribution in [0.5, 0.6) is 0 Å². The van der Waals surface area contributed by atoms with Gasteiger partial charge in [0.2, 0.25) is 10.0 Å². The minimum absolute atomic E-state index is 0.0896. The number of benzene rings is 1. The van der Waals surface area contributed by atoms with E-state index in [2.05, 4.69) is 0 Å². The second kappa shape index (κ2) is 6.03. The standard InChI is InChI=1S/C14H21NO3S/c1-12-4-3-5-13(10-12)11-19(16,17)15-8-6-14(18-2)7-9-15/h3-5,10,14H,6-9,11H2,1-2H3. The van der Waals surface area contributed by atoms with Gasteiger partial charge in [0, 0.05) is 20.2 Å². The van der Waals surface area contributed by atoms with E-state index in [0.717, 1.165) is 24.0 Å². The first-order valence-electron chi connectivity index (χ1n) is 6.57. The van der Waals surface area contributed by atoms with Gasteiger partial charge in [0.05, 0.1) is 11.9 Å². The zero-order chi connectivity index (χ0) is 13.9. The summed E-state index contributed by atoms with van der Waals surface area (Å²) in [6.45, 7) is 3.10. The van der Waals surface area contributed by atoms with E-state index in [4.69, 9.17) is 4.74 Å². The highest BCUT2D eigenvalue weighted by Crippen LogP contribution is 2.19. The monoisotopic (exact) mass is 283 g/mol. The van der Waals surface area contributed by atoms with Gasteiger partial charge < -0.3 is 4.74 Å². The lowest BCUT2D eigenvalue weighted by molar-refractivity contribution is 0.0604. The summed E-state index contributed by atoms with van der Waals surface area (Å²) in [5.41, 5.74) is 1.94. The third-order valence-electron chi connectivity index (χ3n) is 3.56. The van der Waals surface area contributed by atoms with E-state index in [-0.39, 0.29) is 11.9 Å². The van der Waals surface area contributed by atoms with Gasteiger partial charge >= 0.3 is 0 Å². The Hall–Kier alpha value is -0.910. The number of methoxy groups -OCH3 is 1. The van der Waals surface area contributed by atoms with E-state index < -0.39 is 10.0 Å². The zero-order valence-electron chi connectivity index (χ0n) is 11.5. The minimum Gasteiger partial charge on any atom is -0.381 e. The maximum absolute atomic E-state index is 12.3. The number of nitrogens with zero attached hydrogens (tertiary/aromatic N) is 1.